The number of benzene rings is 2. The van der Waals surface area contributed by atoms with E-state index in [2.05, 4.69) is 16.0 Å². The molecule has 0 saturated carbocycles. The van der Waals surface area contributed by atoms with Crippen molar-refractivity contribution in [2.75, 3.05) is 0 Å². The molecule has 0 aliphatic rings. The highest BCUT2D eigenvalue weighted by Gasteiger charge is 2.33. The van der Waals surface area contributed by atoms with Crippen molar-refractivity contribution in [2.45, 2.75) is 62.8 Å². The Morgan fingerprint density at radius 2 is 1.83 bits per heavy atom. The Morgan fingerprint density at radius 1 is 1.12 bits per heavy atom. The van der Waals surface area contributed by atoms with Crippen LogP contribution in [0.25, 0.3) is 11.1 Å². The summed E-state index contributed by atoms with van der Waals surface area (Å²) < 4.78 is 43.1. The zero-order chi connectivity index (χ0) is 29.9. The number of pyridine rings is 1. The van der Waals surface area contributed by atoms with Crippen LogP contribution in [0.4, 0.5) is 4.39 Å². The molecule has 0 aliphatic heterocycles. The number of unbranched alkanes of at least 4 members (excludes halogenated alkanes) is 1. The summed E-state index contributed by atoms with van der Waals surface area (Å²) in [7, 11) is -4.52. The molecule has 0 aliphatic carbocycles. The molecule has 8 nitrogen and oxygen atoms in total. The lowest BCUT2D eigenvalue weighted by atomic mass is 9.94. The number of nitriles is 1. The van der Waals surface area contributed by atoms with E-state index in [0.717, 1.165) is 6.42 Å². The Morgan fingerprint density at radius 3 is 2.46 bits per heavy atom. The van der Waals surface area contributed by atoms with Gasteiger partial charge in [0.05, 0.1) is 22.6 Å². The second-order valence-electron chi connectivity index (χ2n) is 10.2. The normalized spacial score (nSPS) is 12.3. The van der Waals surface area contributed by atoms with Gasteiger partial charge >= 0.3 is 0 Å². The average molecular weight is 575 g/mol. The molecule has 212 valence electrons. The van der Waals surface area contributed by atoms with E-state index in [1.807, 2.05) is 20.8 Å². The summed E-state index contributed by atoms with van der Waals surface area (Å²) in [5, 5.41) is 21.0. The lowest BCUT2D eigenvalue weighted by molar-refractivity contribution is 0.326. The molecule has 41 heavy (non-hydrogen) atoms. The molecule has 4 aromatic rings. The number of rotatable bonds is 9. The van der Waals surface area contributed by atoms with Gasteiger partial charge in [0.1, 0.15) is 5.82 Å². The lowest BCUT2D eigenvalue weighted by Crippen LogP contribution is -2.29. The first-order chi connectivity index (χ1) is 19.5. The third kappa shape index (κ3) is 5.77. The van der Waals surface area contributed by atoms with Gasteiger partial charge in [0, 0.05) is 18.2 Å². The minimum absolute atomic E-state index is 0.168. The van der Waals surface area contributed by atoms with Crippen molar-refractivity contribution >= 4 is 9.84 Å². The number of aryl methyl sites for hydroxylation is 1. The fourth-order valence-corrected chi connectivity index (χ4v) is 6.31. The van der Waals surface area contributed by atoms with Crippen LogP contribution in [0.3, 0.4) is 0 Å². The molecular weight excluding hydrogens is 543 g/mol. The van der Waals surface area contributed by atoms with Gasteiger partial charge in [-0.25, -0.2) is 13.4 Å². The van der Waals surface area contributed by atoms with Crippen molar-refractivity contribution < 1.29 is 17.9 Å². The molecule has 2 aromatic heterocycles. The first-order valence-corrected chi connectivity index (χ1v) is 14.8. The van der Waals surface area contributed by atoms with Crippen LogP contribution < -0.4 is 5.56 Å². The molecule has 0 fully saturated rings. The summed E-state index contributed by atoms with van der Waals surface area (Å²) >= 11 is 0. The van der Waals surface area contributed by atoms with Crippen molar-refractivity contribution in [2.24, 2.45) is 5.92 Å². The second kappa shape index (κ2) is 12.0. The van der Waals surface area contributed by atoms with E-state index >= 15 is 0 Å². The molecule has 0 amide bonds. The van der Waals surface area contributed by atoms with Crippen LogP contribution in [0, 0.1) is 30.1 Å². The van der Waals surface area contributed by atoms with Crippen molar-refractivity contribution in [1.29, 1.82) is 5.26 Å². The summed E-state index contributed by atoms with van der Waals surface area (Å²) in [6.45, 7) is 7.36. The zero-order valence-corrected chi connectivity index (χ0v) is 24.1. The van der Waals surface area contributed by atoms with Gasteiger partial charge in [-0.05, 0) is 66.3 Å². The fraction of sp³-hybridized carbons (Fsp3) is 0.290. The Bertz CT molecular complexity index is 1790. The molecule has 2 aromatic carbocycles. The number of nitrogens with zero attached hydrogens (tertiary/aromatic N) is 4. The van der Waals surface area contributed by atoms with Gasteiger partial charge in [-0.1, -0.05) is 51.5 Å². The number of aromatic nitrogens is 3. The largest absolute Gasteiger partial charge is 0.493 e. The number of sulfone groups is 1. The maximum Gasteiger partial charge on any atom is 0.296 e. The van der Waals surface area contributed by atoms with Crippen LogP contribution in [0.1, 0.15) is 62.2 Å². The van der Waals surface area contributed by atoms with Crippen LogP contribution in [0.5, 0.6) is 5.88 Å². The van der Waals surface area contributed by atoms with Gasteiger partial charge < -0.3 is 5.11 Å². The lowest BCUT2D eigenvalue weighted by Gasteiger charge is -2.29. The average Bonchev–Trinajstić information content (AvgIpc) is 2.94. The fourth-order valence-electron chi connectivity index (χ4n) is 4.97. The highest BCUT2D eigenvalue weighted by molar-refractivity contribution is 7.91. The standard InChI is InChI=1S/C31H31FN4O4S/c1-5-6-10-26-35-30(37)28(31(38)36(26)27(19(2)3)23-9-7-8-21(17-23)18-33)41(39,40)24-13-11-22(12-14-24)25-15-16-34-29(32)20(25)4/h7-9,11-17,19,27,38H,5-6,10H2,1-4H3/t27-/m0/s1. The third-order valence-electron chi connectivity index (χ3n) is 7.04. The predicted octanol–water partition coefficient (Wildman–Crippen LogP) is 5.75. The maximum absolute atomic E-state index is 14.0. The Labute approximate surface area is 238 Å². The SMILES string of the molecule is CCCCc1nc(=O)c(S(=O)(=O)c2ccc(-c3ccnc(F)c3C)cc2)c(O)n1[C@H](c1cccc(C#N)c1)C(C)C. The molecule has 0 radical (unpaired) electrons. The van der Waals surface area contributed by atoms with Crippen LogP contribution in [-0.2, 0) is 16.3 Å². The van der Waals surface area contributed by atoms with Crippen molar-refractivity contribution in [1.82, 2.24) is 14.5 Å². The van der Waals surface area contributed by atoms with Crippen molar-refractivity contribution in [3.05, 3.63) is 99.6 Å². The van der Waals surface area contributed by atoms with E-state index in [4.69, 9.17) is 0 Å². The van der Waals surface area contributed by atoms with Gasteiger partial charge in [0.15, 0.2) is 4.90 Å². The third-order valence-corrected chi connectivity index (χ3v) is 8.83. The first kappa shape index (κ1) is 29.6. The maximum atomic E-state index is 14.0. The molecular formula is C31H31FN4O4S. The number of hydrogen-bond donors (Lipinski definition) is 1. The summed E-state index contributed by atoms with van der Waals surface area (Å²) in [6, 6.07) is 15.6. The second-order valence-corrected chi connectivity index (χ2v) is 12.1. The molecule has 4 rings (SSSR count). The highest BCUT2D eigenvalue weighted by Crippen LogP contribution is 2.36. The van der Waals surface area contributed by atoms with E-state index < -0.39 is 38.2 Å². The zero-order valence-electron chi connectivity index (χ0n) is 23.3. The van der Waals surface area contributed by atoms with Crippen molar-refractivity contribution in [3.63, 3.8) is 0 Å². The van der Waals surface area contributed by atoms with Gasteiger partial charge in [-0.15, -0.1) is 0 Å². The topological polar surface area (TPSA) is 126 Å². The summed E-state index contributed by atoms with van der Waals surface area (Å²) in [4.78, 5) is 20.0. The molecule has 0 bridgehead atoms. The Hall–Kier alpha value is -4.36. The van der Waals surface area contributed by atoms with Gasteiger partial charge in [0.2, 0.25) is 21.7 Å². The number of hydrogen-bond acceptors (Lipinski definition) is 7. The molecule has 1 atom stereocenters. The molecule has 2 heterocycles. The van der Waals surface area contributed by atoms with Gasteiger partial charge in [-0.2, -0.15) is 14.6 Å². The van der Waals surface area contributed by atoms with E-state index in [9.17, 15) is 28.0 Å². The molecule has 0 spiro atoms. The van der Waals surface area contributed by atoms with Crippen LogP contribution >= 0.6 is 0 Å². The van der Waals surface area contributed by atoms with E-state index in [-0.39, 0.29) is 16.6 Å². The van der Waals surface area contributed by atoms with Crippen molar-refractivity contribution in [3.8, 4) is 23.1 Å². The Kier molecular flexibility index (Phi) is 8.69. The minimum atomic E-state index is -4.52. The van der Waals surface area contributed by atoms with Gasteiger partial charge in [0.25, 0.3) is 5.56 Å². The minimum Gasteiger partial charge on any atom is -0.493 e. The van der Waals surface area contributed by atoms with E-state index in [1.54, 1.807) is 37.3 Å². The first-order valence-electron chi connectivity index (χ1n) is 13.3. The smallest absolute Gasteiger partial charge is 0.296 e. The molecule has 0 saturated heterocycles. The molecule has 0 unspecified atom stereocenters. The number of halogens is 1. The summed E-state index contributed by atoms with van der Waals surface area (Å²) in [6.07, 6.45) is 3.13. The predicted molar refractivity (Wildman–Crippen MR) is 153 cm³/mol. The van der Waals surface area contributed by atoms with Crippen LogP contribution in [0.15, 0.2) is 75.4 Å². The Balaban J connectivity index is 1.91. The highest BCUT2D eigenvalue weighted by atomic mass is 32.2. The van der Waals surface area contributed by atoms with E-state index in [1.165, 1.54) is 35.0 Å². The molecule has 10 heteroatoms. The summed E-state index contributed by atoms with van der Waals surface area (Å²) in [5.41, 5.74) is 1.46. The number of aromatic hydroxyl groups is 1. The quantitative estimate of drug-likeness (QED) is 0.252. The summed E-state index contributed by atoms with van der Waals surface area (Å²) in [5.74, 6) is -1.23. The molecule has 1 N–H and O–H groups in total. The van der Waals surface area contributed by atoms with Crippen LogP contribution in [0.2, 0.25) is 0 Å². The monoisotopic (exact) mass is 574 g/mol. The van der Waals surface area contributed by atoms with Gasteiger partial charge in [-0.3, -0.25) is 9.36 Å². The van der Waals surface area contributed by atoms with E-state index in [0.29, 0.717) is 40.7 Å². The van der Waals surface area contributed by atoms with Crippen LogP contribution in [-0.4, -0.2) is 28.1 Å².